The van der Waals surface area contributed by atoms with Crippen LogP contribution < -0.4 is 10.00 Å². The Labute approximate surface area is 95.3 Å². The summed E-state index contributed by atoms with van der Waals surface area (Å²) in [7, 11) is -3.86. The van der Waals surface area contributed by atoms with Crippen LogP contribution in [0.2, 0.25) is 0 Å². The number of rotatable bonds is 2. The predicted octanol–water partition coefficient (Wildman–Crippen LogP) is -0.105. The van der Waals surface area contributed by atoms with Gasteiger partial charge in [0.2, 0.25) is 0 Å². The molecule has 3 unspecified atom stereocenters. The zero-order valence-electron chi connectivity index (χ0n) is 9.97. The van der Waals surface area contributed by atoms with Gasteiger partial charge in [-0.2, -0.15) is 5.06 Å². The van der Waals surface area contributed by atoms with Gasteiger partial charge >= 0.3 is 0 Å². The number of nitrogens with zero attached hydrogens (tertiary/aromatic N) is 1. The van der Waals surface area contributed by atoms with Crippen molar-refractivity contribution < 1.29 is 24.3 Å². The van der Waals surface area contributed by atoms with E-state index in [1.54, 1.807) is 13.8 Å². The molecule has 7 heteroatoms. The van der Waals surface area contributed by atoms with Crippen LogP contribution in [0.3, 0.4) is 0 Å². The van der Waals surface area contributed by atoms with Gasteiger partial charge in [-0.3, -0.25) is 0 Å². The Morgan fingerprint density at radius 3 is 2.31 bits per heavy atom. The van der Waals surface area contributed by atoms with Crippen LogP contribution in [0.5, 0.6) is 0 Å². The molecular formula is C9H18NO5P-2. The first-order valence-corrected chi connectivity index (χ1v) is 7.10. The molecule has 1 heterocycles. The van der Waals surface area contributed by atoms with Crippen LogP contribution in [0.1, 0.15) is 33.6 Å². The predicted molar refractivity (Wildman–Crippen MR) is 53.7 cm³/mol. The number of hydrogen-bond donors (Lipinski definition) is 1. The fraction of sp³-hybridized carbons (Fsp3) is 1.00. The summed E-state index contributed by atoms with van der Waals surface area (Å²) in [6, 6.07) is 0. The summed E-state index contributed by atoms with van der Waals surface area (Å²) >= 11 is 0. The molecule has 1 rings (SSSR count). The van der Waals surface area contributed by atoms with Crippen molar-refractivity contribution in [1.29, 1.82) is 0 Å². The summed E-state index contributed by atoms with van der Waals surface area (Å²) in [6.07, 6.45) is -0.441. The average molecular weight is 251 g/mol. The molecule has 16 heavy (non-hydrogen) atoms. The fourth-order valence-corrected chi connectivity index (χ4v) is 2.90. The first kappa shape index (κ1) is 14.1. The van der Waals surface area contributed by atoms with Crippen LogP contribution in [0, 0.1) is 0 Å². The van der Waals surface area contributed by atoms with Crippen molar-refractivity contribution in [2.24, 2.45) is 0 Å². The minimum absolute atomic E-state index is 0.0625. The van der Waals surface area contributed by atoms with Crippen molar-refractivity contribution in [2.45, 2.75) is 51.0 Å². The van der Waals surface area contributed by atoms with Gasteiger partial charge in [-0.1, -0.05) is 6.92 Å². The summed E-state index contributed by atoms with van der Waals surface area (Å²) < 4.78 is 15.9. The summed E-state index contributed by atoms with van der Waals surface area (Å²) in [5, 5.41) is 22.4. The summed E-state index contributed by atoms with van der Waals surface area (Å²) in [6.45, 7) is 5.64. The molecule has 1 N–H and O–H groups in total. The molecule has 0 saturated carbocycles. The van der Waals surface area contributed by atoms with E-state index in [4.69, 9.17) is 4.52 Å². The Kier molecular flexibility index (Phi) is 3.57. The molecule has 0 aromatic rings. The Bertz CT molecular complexity index is 293. The largest absolute Gasteiger partial charge is 0.836 e. The van der Waals surface area contributed by atoms with Gasteiger partial charge in [0.15, 0.2) is 0 Å². The van der Waals surface area contributed by atoms with E-state index in [9.17, 15) is 19.8 Å². The van der Waals surface area contributed by atoms with Gasteiger partial charge < -0.3 is 24.3 Å². The van der Waals surface area contributed by atoms with Crippen LogP contribution in [-0.4, -0.2) is 34.3 Å². The van der Waals surface area contributed by atoms with Crippen molar-refractivity contribution in [3.63, 3.8) is 0 Å². The van der Waals surface area contributed by atoms with Crippen LogP contribution in [0.4, 0.5) is 0 Å². The number of hydroxylamine groups is 2. The molecule has 1 aliphatic heterocycles. The highest BCUT2D eigenvalue weighted by Gasteiger charge is 2.42. The van der Waals surface area contributed by atoms with Gasteiger partial charge in [0, 0.05) is 12.2 Å². The third kappa shape index (κ3) is 3.26. The van der Waals surface area contributed by atoms with Crippen molar-refractivity contribution in [1.82, 2.24) is 5.06 Å². The van der Waals surface area contributed by atoms with E-state index < -0.39 is 25.0 Å². The molecule has 1 fully saturated rings. The Balaban J connectivity index is 2.83. The van der Waals surface area contributed by atoms with Crippen LogP contribution in [0.25, 0.3) is 0 Å². The van der Waals surface area contributed by atoms with E-state index >= 15 is 0 Å². The highest BCUT2D eigenvalue weighted by Crippen LogP contribution is 2.42. The first-order valence-electron chi connectivity index (χ1n) is 5.11. The highest BCUT2D eigenvalue weighted by atomic mass is 31.2. The van der Waals surface area contributed by atoms with E-state index in [2.05, 4.69) is 0 Å². The van der Waals surface area contributed by atoms with Crippen molar-refractivity contribution in [2.75, 3.05) is 6.66 Å². The van der Waals surface area contributed by atoms with Gasteiger partial charge in [-0.25, -0.2) is 0 Å². The Hall–Kier alpha value is 0.0300. The van der Waals surface area contributed by atoms with Gasteiger partial charge in [-0.05, 0) is 32.4 Å². The molecule has 1 saturated heterocycles. The van der Waals surface area contributed by atoms with Gasteiger partial charge in [0.25, 0.3) is 0 Å². The van der Waals surface area contributed by atoms with E-state index in [1.807, 2.05) is 0 Å². The number of hydrogen-bond acceptors (Lipinski definition) is 6. The second-order valence-electron chi connectivity index (χ2n) is 5.21. The van der Waals surface area contributed by atoms with Gasteiger partial charge in [0.05, 0.1) is 6.10 Å². The minimum Gasteiger partial charge on any atom is -0.836 e. The lowest BCUT2D eigenvalue weighted by molar-refractivity contribution is -0.568. The molecule has 0 spiro atoms. The zero-order valence-corrected chi connectivity index (χ0v) is 10.9. The minimum atomic E-state index is -3.86. The first-order chi connectivity index (χ1) is 6.94. The van der Waals surface area contributed by atoms with E-state index in [0.29, 0.717) is 6.42 Å². The molecule has 1 aliphatic rings. The highest BCUT2D eigenvalue weighted by molar-refractivity contribution is 7.50. The van der Waals surface area contributed by atoms with Gasteiger partial charge in [-0.15, -0.1) is 0 Å². The second kappa shape index (κ2) is 4.05. The Morgan fingerprint density at radius 1 is 1.44 bits per heavy atom. The van der Waals surface area contributed by atoms with Crippen molar-refractivity contribution in [3.8, 4) is 0 Å². The molecule has 0 amide bonds. The van der Waals surface area contributed by atoms with Crippen molar-refractivity contribution in [3.05, 3.63) is 0 Å². The maximum Gasteiger partial charge on any atom is 0.132 e. The van der Waals surface area contributed by atoms with E-state index in [-0.39, 0.29) is 6.42 Å². The zero-order chi connectivity index (χ0) is 12.8. The Morgan fingerprint density at radius 2 is 1.94 bits per heavy atom. The topological polar surface area (TPSA) is 95.9 Å². The third-order valence-corrected chi connectivity index (χ3v) is 3.38. The molecule has 0 bridgehead atoms. The monoisotopic (exact) mass is 251 g/mol. The maximum atomic E-state index is 12.0. The molecule has 3 atom stereocenters. The SMILES string of the molecule is CC1(C)CC(OP(C)(=O)[O-])CC(C)([O-])N1O. The molecular weight excluding hydrogens is 233 g/mol. The van der Waals surface area contributed by atoms with Crippen LogP contribution >= 0.6 is 7.60 Å². The summed E-state index contributed by atoms with van der Waals surface area (Å²) in [4.78, 5) is 11.0. The van der Waals surface area contributed by atoms with E-state index in [1.165, 1.54) is 6.92 Å². The lowest BCUT2D eigenvalue weighted by Gasteiger charge is -2.57. The molecule has 0 aromatic heterocycles. The quantitative estimate of drug-likeness (QED) is 0.688. The lowest BCUT2D eigenvalue weighted by atomic mass is 9.85. The summed E-state index contributed by atoms with van der Waals surface area (Å²) in [5.41, 5.74) is -2.53. The molecule has 6 nitrogen and oxygen atoms in total. The van der Waals surface area contributed by atoms with Crippen LogP contribution in [-0.2, 0) is 9.09 Å². The van der Waals surface area contributed by atoms with E-state index in [0.717, 1.165) is 11.7 Å². The third-order valence-electron chi connectivity index (χ3n) is 2.70. The maximum absolute atomic E-state index is 12.0. The lowest BCUT2D eigenvalue weighted by Crippen LogP contribution is -2.67. The second-order valence-corrected chi connectivity index (χ2v) is 6.96. The number of piperidine rings is 1. The van der Waals surface area contributed by atoms with Crippen LogP contribution in [0.15, 0.2) is 0 Å². The van der Waals surface area contributed by atoms with Crippen molar-refractivity contribution >= 4 is 7.60 Å². The molecule has 0 aliphatic carbocycles. The van der Waals surface area contributed by atoms with Gasteiger partial charge in [0.1, 0.15) is 7.60 Å². The molecule has 0 aromatic carbocycles. The standard InChI is InChI=1S/C9H19NO5P/c1-8(2)5-7(15-16(4,13)14)6-9(3,11)10(8)12/h7,12H,5-6H2,1-4H3,(H,13,14)/q-1/p-1. The molecule has 96 valence electrons. The molecule has 0 radical (unpaired) electrons. The average Bonchev–Trinajstić information content (AvgIpc) is 1.95. The smallest absolute Gasteiger partial charge is 0.132 e. The normalized spacial score (nSPS) is 39.3. The fourth-order valence-electron chi connectivity index (χ4n) is 2.21. The summed E-state index contributed by atoms with van der Waals surface area (Å²) in [5.74, 6) is 0.